The van der Waals surface area contributed by atoms with Gasteiger partial charge in [-0.15, -0.1) is 0 Å². The van der Waals surface area contributed by atoms with E-state index in [1.54, 1.807) is 6.08 Å². The molecule has 0 aliphatic heterocycles. The zero-order valence-corrected chi connectivity index (χ0v) is 12.7. The Morgan fingerprint density at radius 1 is 0.800 bits per heavy atom. The molecule has 0 spiro atoms. The fourth-order valence-corrected chi connectivity index (χ4v) is 2.36. The second-order valence-corrected chi connectivity index (χ2v) is 5.57. The Kier molecular flexibility index (Phi) is 3.82. The van der Waals surface area contributed by atoms with E-state index in [4.69, 9.17) is 0 Å². The molecule has 0 amide bonds. The van der Waals surface area contributed by atoms with Crippen LogP contribution in [0.15, 0.2) is 49.1 Å². The minimum atomic E-state index is -1.14. The summed E-state index contributed by atoms with van der Waals surface area (Å²) in [4.78, 5) is 0. The molecule has 0 heterocycles. The number of hydrogen-bond donors (Lipinski definition) is 1. The van der Waals surface area contributed by atoms with E-state index in [9.17, 15) is 5.11 Å². The van der Waals surface area contributed by atoms with Gasteiger partial charge in [0, 0.05) is 0 Å². The SMILES string of the molecule is C=CC(O)(c1ccc(C)c(C)c1)c1ccc(C)c(C)c1. The van der Waals surface area contributed by atoms with Crippen molar-refractivity contribution in [2.45, 2.75) is 33.3 Å². The summed E-state index contributed by atoms with van der Waals surface area (Å²) >= 11 is 0. The van der Waals surface area contributed by atoms with E-state index >= 15 is 0 Å². The van der Waals surface area contributed by atoms with Crippen molar-refractivity contribution in [3.05, 3.63) is 82.4 Å². The smallest absolute Gasteiger partial charge is 0.133 e. The molecule has 0 atom stereocenters. The van der Waals surface area contributed by atoms with Gasteiger partial charge in [0.05, 0.1) is 0 Å². The largest absolute Gasteiger partial charge is 0.377 e. The molecule has 2 aromatic rings. The first-order valence-corrected chi connectivity index (χ1v) is 6.90. The molecule has 0 fully saturated rings. The molecule has 0 saturated heterocycles. The third kappa shape index (κ3) is 2.41. The van der Waals surface area contributed by atoms with Crippen LogP contribution in [0.25, 0.3) is 0 Å². The average Bonchev–Trinajstić information content (AvgIpc) is 2.44. The Labute approximate surface area is 121 Å². The molecule has 20 heavy (non-hydrogen) atoms. The standard InChI is InChI=1S/C19H22O/c1-6-19(20,17-9-7-13(2)15(4)11-17)18-10-8-14(3)16(5)12-18/h6-12,20H,1H2,2-5H3. The summed E-state index contributed by atoms with van der Waals surface area (Å²) in [6.45, 7) is 12.1. The lowest BCUT2D eigenvalue weighted by atomic mass is 9.84. The normalized spacial score (nSPS) is 11.4. The minimum Gasteiger partial charge on any atom is -0.377 e. The quantitative estimate of drug-likeness (QED) is 0.819. The van der Waals surface area contributed by atoms with Crippen LogP contribution in [-0.4, -0.2) is 5.11 Å². The maximum absolute atomic E-state index is 11.1. The zero-order valence-electron chi connectivity index (χ0n) is 12.7. The highest BCUT2D eigenvalue weighted by Gasteiger charge is 2.28. The van der Waals surface area contributed by atoms with Gasteiger partial charge in [0.2, 0.25) is 0 Å². The Hall–Kier alpha value is -1.86. The van der Waals surface area contributed by atoms with Gasteiger partial charge in [0.15, 0.2) is 0 Å². The molecule has 0 aliphatic carbocycles. The van der Waals surface area contributed by atoms with Crippen LogP contribution in [0.4, 0.5) is 0 Å². The molecule has 1 heteroatoms. The highest BCUT2D eigenvalue weighted by atomic mass is 16.3. The number of hydrogen-bond acceptors (Lipinski definition) is 1. The number of aliphatic hydroxyl groups is 1. The molecule has 0 aliphatic rings. The Morgan fingerprint density at radius 3 is 1.50 bits per heavy atom. The molecule has 1 nitrogen and oxygen atoms in total. The fourth-order valence-electron chi connectivity index (χ4n) is 2.36. The van der Waals surface area contributed by atoms with Crippen LogP contribution >= 0.6 is 0 Å². The lowest BCUT2D eigenvalue weighted by Gasteiger charge is -2.27. The zero-order chi connectivity index (χ0) is 14.9. The van der Waals surface area contributed by atoms with Crippen LogP contribution in [0.2, 0.25) is 0 Å². The van der Waals surface area contributed by atoms with Crippen LogP contribution in [-0.2, 0) is 5.60 Å². The van der Waals surface area contributed by atoms with Crippen LogP contribution in [0.5, 0.6) is 0 Å². The van der Waals surface area contributed by atoms with Crippen molar-refractivity contribution in [1.82, 2.24) is 0 Å². The van der Waals surface area contributed by atoms with Gasteiger partial charge in [-0.05, 0) is 61.1 Å². The Morgan fingerprint density at radius 2 is 1.20 bits per heavy atom. The van der Waals surface area contributed by atoms with Crippen molar-refractivity contribution < 1.29 is 5.11 Å². The summed E-state index contributed by atoms with van der Waals surface area (Å²) in [7, 11) is 0. The first kappa shape index (κ1) is 14.5. The topological polar surface area (TPSA) is 20.2 Å². The van der Waals surface area contributed by atoms with E-state index < -0.39 is 5.60 Å². The van der Waals surface area contributed by atoms with Crippen molar-refractivity contribution in [3.63, 3.8) is 0 Å². The van der Waals surface area contributed by atoms with Crippen molar-refractivity contribution in [3.8, 4) is 0 Å². The van der Waals surface area contributed by atoms with Gasteiger partial charge >= 0.3 is 0 Å². The fraction of sp³-hybridized carbons (Fsp3) is 0.263. The first-order chi connectivity index (χ1) is 9.38. The molecule has 1 N–H and O–H groups in total. The maximum atomic E-state index is 11.1. The van der Waals surface area contributed by atoms with E-state index in [1.807, 2.05) is 36.4 Å². The van der Waals surface area contributed by atoms with Gasteiger partial charge < -0.3 is 5.11 Å². The molecule has 2 aromatic carbocycles. The molecular weight excluding hydrogens is 244 g/mol. The van der Waals surface area contributed by atoms with E-state index in [0.717, 1.165) is 11.1 Å². The highest BCUT2D eigenvalue weighted by molar-refractivity contribution is 5.45. The van der Waals surface area contributed by atoms with Crippen LogP contribution in [0.1, 0.15) is 33.4 Å². The first-order valence-electron chi connectivity index (χ1n) is 6.90. The summed E-state index contributed by atoms with van der Waals surface area (Å²) < 4.78 is 0. The monoisotopic (exact) mass is 266 g/mol. The van der Waals surface area contributed by atoms with Gasteiger partial charge in [0.25, 0.3) is 0 Å². The second kappa shape index (κ2) is 5.26. The molecule has 104 valence electrons. The summed E-state index contributed by atoms with van der Waals surface area (Å²) in [5, 5.41) is 11.1. The summed E-state index contributed by atoms with van der Waals surface area (Å²) in [6, 6.07) is 12.1. The van der Waals surface area contributed by atoms with Crippen molar-refractivity contribution in [2.24, 2.45) is 0 Å². The lowest BCUT2D eigenvalue weighted by molar-refractivity contribution is 0.135. The number of rotatable bonds is 3. The number of benzene rings is 2. The van der Waals surface area contributed by atoms with E-state index in [-0.39, 0.29) is 0 Å². The molecule has 0 saturated carbocycles. The second-order valence-electron chi connectivity index (χ2n) is 5.57. The molecule has 0 unspecified atom stereocenters. The van der Waals surface area contributed by atoms with E-state index in [0.29, 0.717) is 0 Å². The molecule has 0 bridgehead atoms. The Balaban J connectivity index is 2.60. The average molecular weight is 266 g/mol. The van der Waals surface area contributed by atoms with Gasteiger partial charge in [-0.3, -0.25) is 0 Å². The van der Waals surface area contributed by atoms with Crippen molar-refractivity contribution in [2.75, 3.05) is 0 Å². The molecule has 0 radical (unpaired) electrons. The van der Waals surface area contributed by atoms with Gasteiger partial charge in [-0.2, -0.15) is 0 Å². The molecule has 2 rings (SSSR count). The third-order valence-electron chi connectivity index (χ3n) is 4.19. The van der Waals surface area contributed by atoms with Crippen LogP contribution in [0, 0.1) is 27.7 Å². The van der Waals surface area contributed by atoms with Crippen molar-refractivity contribution >= 4 is 0 Å². The number of aryl methyl sites for hydroxylation is 4. The van der Waals surface area contributed by atoms with Crippen molar-refractivity contribution in [1.29, 1.82) is 0 Å². The van der Waals surface area contributed by atoms with Gasteiger partial charge in [-0.25, -0.2) is 0 Å². The van der Waals surface area contributed by atoms with E-state index in [1.165, 1.54) is 22.3 Å². The lowest BCUT2D eigenvalue weighted by Crippen LogP contribution is -2.24. The summed E-state index contributed by atoms with van der Waals surface area (Å²) in [5.41, 5.74) is 5.37. The minimum absolute atomic E-state index is 0.860. The van der Waals surface area contributed by atoms with Gasteiger partial charge in [-0.1, -0.05) is 49.1 Å². The predicted molar refractivity (Wildman–Crippen MR) is 85.0 cm³/mol. The predicted octanol–water partition coefficient (Wildman–Crippen LogP) is 4.34. The van der Waals surface area contributed by atoms with E-state index in [2.05, 4.69) is 34.3 Å². The van der Waals surface area contributed by atoms with Crippen LogP contribution in [0.3, 0.4) is 0 Å². The highest BCUT2D eigenvalue weighted by Crippen LogP contribution is 2.32. The third-order valence-corrected chi connectivity index (χ3v) is 4.19. The van der Waals surface area contributed by atoms with Gasteiger partial charge in [0.1, 0.15) is 5.60 Å². The molecular formula is C19H22O. The van der Waals surface area contributed by atoms with Crippen LogP contribution < -0.4 is 0 Å². The summed E-state index contributed by atoms with van der Waals surface area (Å²) in [6.07, 6.45) is 1.61. The summed E-state index contributed by atoms with van der Waals surface area (Å²) in [5.74, 6) is 0. The maximum Gasteiger partial charge on any atom is 0.133 e. The molecule has 0 aromatic heterocycles. The Bertz CT molecular complexity index is 601.